The number of hydrogen-bond acceptors (Lipinski definition) is 5. The molecule has 8 heteroatoms. The Hall–Kier alpha value is -3.26. The van der Waals surface area contributed by atoms with E-state index in [1.54, 1.807) is 4.68 Å². The van der Waals surface area contributed by atoms with Gasteiger partial charge in [-0.1, -0.05) is 51.4 Å². The van der Waals surface area contributed by atoms with E-state index in [0.717, 1.165) is 21.4 Å². The van der Waals surface area contributed by atoms with Crippen LogP contribution in [-0.2, 0) is 6.54 Å². The van der Waals surface area contributed by atoms with Gasteiger partial charge >= 0.3 is 11.8 Å². The van der Waals surface area contributed by atoms with Crippen LogP contribution in [0.1, 0.15) is 21.9 Å². The molecule has 0 unspecified atom stereocenters. The van der Waals surface area contributed by atoms with Crippen molar-refractivity contribution in [2.75, 3.05) is 0 Å². The first-order chi connectivity index (χ1) is 13.6. The monoisotopic (exact) mass is 437 g/mol. The highest BCUT2D eigenvalue weighted by atomic mass is 79.9. The lowest BCUT2D eigenvalue weighted by Gasteiger charge is -2.01. The molecule has 0 radical (unpaired) electrons. The average molecular weight is 438 g/mol. The van der Waals surface area contributed by atoms with Crippen molar-refractivity contribution in [3.63, 3.8) is 0 Å². The standard InChI is InChI=1S/C20H16BrN5O2/c1-13-17(12-26(24-13)16-9-7-15(21)8-10-16)18-23-20(28-25-18)19(27)22-11-14-5-3-2-4-6-14/h2-10,12H,11H2,1H3,(H,22,27). The average Bonchev–Trinajstić information content (AvgIpc) is 3.34. The molecule has 0 aliphatic rings. The first kappa shape index (κ1) is 18.1. The minimum atomic E-state index is -0.416. The van der Waals surface area contributed by atoms with Crippen LogP contribution in [0.4, 0.5) is 0 Å². The molecule has 2 aromatic carbocycles. The van der Waals surface area contributed by atoms with Crippen molar-refractivity contribution in [2.45, 2.75) is 13.5 Å². The zero-order valence-electron chi connectivity index (χ0n) is 15.0. The van der Waals surface area contributed by atoms with Crippen molar-refractivity contribution in [1.82, 2.24) is 25.2 Å². The van der Waals surface area contributed by atoms with Crippen LogP contribution in [0.25, 0.3) is 17.1 Å². The van der Waals surface area contributed by atoms with Gasteiger partial charge in [-0.15, -0.1) is 0 Å². The van der Waals surface area contributed by atoms with Gasteiger partial charge in [-0.3, -0.25) is 4.79 Å². The van der Waals surface area contributed by atoms with Gasteiger partial charge in [-0.25, -0.2) is 4.68 Å². The van der Waals surface area contributed by atoms with Crippen LogP contribution in [0.2, 0.25) is 0 Å². The zero-order chi connectivity index (χ0) is 19.5. The van der Waals surface area contributed by atoms with Gasteiger partial charge in [0.2, 0.25) is 5.82 Å². The maximum absolute atomic E-state index is 12.3. The molecule has 0 atom stereocenters. The molecule has 2 heterocycles. The Balaban J connectivity index is 1.51. The molecule has 4 rings (SSSR count). The highest BCUT2D eigenvalue weighted by molar-refractivity contribution is 9.10. The minimum absolute atomic E-state index is 0.0817. The molecule has 0 saturated carbocycles. The van der Waals surface area contributed by atoms with Crippen LogP contribution >= 0.6 is 15.9 Å². The lowest BCUT2D eigenvalue weighted by atomic mass is 10.2. The summed E-state index contributed by atoms with van der Waals surface area (Å²) in [5.41, 5.74) is 3.33. The Labute approximate surface area is 169 Å². The van der Waals surface area contributed by atoms with E-state index in [9.17, 15) is 4.79 Å². The maximum atomic E-state index is 12.3. The van der Waals surface area contributed by atoms with Crippen LogP contribution in [0.15, 0.2) is 69.8 Å². The molecule has 2 aromatic heterocycles. The highest BCUT2D eigenvalue weighted by Crippen LogP contribution is 2.22. The largest absolute Gasteiger partial charge is 0.344 e. The number of nitrogens with one attached hydrogen (secondary N) is 1. The quantitative estimate of drug-likeness (QED) is 0.511. The molecule has 0 saturated heterocycles. The number of rotatable bonds is 5. The first-order valence-corrected chi connectivity index (χ1v) is 9.38. The van der Waals surface area contributed by atoms with Gasteiger partial charge in [-0.2, -0.15) is 10.1 Å². The van der Waals surface area contributed by atoms with Crippen LogP contribution < -0.4 is 5.32 Å². The summed E-state index contributed by atoms with van der Waals surface area (Å²) in [6.45, 7) is 2.24. The molecule has 1 amide bonds. The molecule has 7 nitrogen and oxygen atoms in total. The predicted molar refractivity (Wildman–Crippen MR) is 107 cm³/mol. The van der Waals surface area contributed by atoms with Crippen LogP contribution in [-0.4, -0.2) is 25.8 Å². The summed E-state index contributed by atoms with van der Waals surface area (Å²) in [7, 11) is 0. The highest BCUT2D eigenvalue weighted by Gasteiger charge is 2.19. The SMILES string of the molecule is Cc1nn(-c2ccc(Br)cc2)cc1-c1noc(C(=O)NCc2ccccc2)n1. The lowest BCUT2D eigenvalue weighted by Crippen LogP contribution is -2.23. The molecule has 140 valence electrons. The molecule has 28 heavy (non-hydrogen) atoms. The fraction of sp³-hybridized carbons (Fsp3) is 0.100. The fourth-order valence-corrected chi connectivity index (χ4v) is 2.95. The molecule has 0 aliphatic heterocycles. The summed E-state index contributed by atoms with van der Waals surface area (Å²) in [6, 6.07) is 17.4. The summed E-state index contributed by atoms with van der Waals surface area (Å²) in [6.07, 6.45) is 1.81. The number of carbonyl (C=O) groups is 1. The molecule has 0 bridgehead atoms. The third-order valence-corrected chi connectivity index (χ3v) is 4.68. The number of hydrogen-bond donors (Lipinski definition) is 1. The number of amides is 1. The molecule has 4 aromatic rings. The van der Waals surface area contributed by atoms with Gasteiger partial charge in [0.15, 0.2) is 0 Å². The van der Waals surface area contributed by atoms with Gasteiger partial charge in [0.25, 0.3) is 0 Å². The van der Waals surface area contributed by atoms with Crippen LogP contribution in [0.3, 0.4) is 0 Å². The fourth-order valence-electron chi connectivity index (χ4n) is 2.68. The van der Waals surface area contributed by atoms with E-state index in [0.29, 0.717) is 17.9 Å². The lowest BCUT2D eigenvalue weighted by molar-refractivity contribution is 0.0907. The van der Waals surface area contributed by atoms with E-state index >= 15 is 0 Å². The second-order valence-electron chi connectivity index (χ2n) is 6.14. The first-order valence-electron chi connectivity index (χ1n) is 8.58. The summed E-state index contributed by atoms with van der Waals surface area (Å²) in [4.78, 5) is 16.5. The molecule has 0 spiro atoms. The van der Waals surface area contributed by atoms with Gasteiger partial charge < -0.3 is 9.84 Å². The van der Waals surface area contributed by atoms with Crippen molar-refractivity contribution in [3.8, 4) is 17.1 Å². The van der Waals surface area contributed by atoms with E-state index in [-0.39, 0.29) is 5.89 Å². The van der Waals surface area contributed by atoms with Gasteiger partial charge in [0.1, 0.15) is 0 Å². The Kier molecular flexibility index (Phi) is 5.03. The molecular formula is C20H16BrN5O2. The van der Waals surface area contributed by atoms with Crippen molar-refractivity contribution >= 4 is 21.8 Å². The van der Waals surface area contributed by atoms with Gasteiger partial charge in [-0.05, 0) is 36.8 Å². The Bertz CT molecular complexity index is 1100. The molecular weight excluding hydrogens is 422 g/mol. The van der Waals surface area contributed by atoms with E-state index in [1.807, 2.05) is 67.7 Å². The summed E-state index contributed by atoms with van der Waals surface area (Å²) < 4.78 is 7.87. The second-order valence-corrected chi connectivity index (χ2v) is 7.06. The smallest absolute Gasteiger partial charge is 0.316 e. The number of halogens is 1. The second kappa shape index (κ2) is 7.77. The van der Waals surface area contributed by atoms with Gasteiger partial charge in [0, 0.05) is 17.2 Å². The van der Waals surface area contributed by atoms with Crippen molar-refractivity contribution < 1.29 is 9.32 Å². The third kappa shape index (κ3) is 3.86. The summed E-state index contributed by atoms with van der Waals surface area (Å²) in [5.74, 6) is -0.173. The molecule has 1 N–H and O–H groups in total. The summed E-state index contributed by atoms with van der Waals surface area (Å²) in [5, 5.41) is 11.2. The topological polar surface area (TPSA) is 85.8 Å². The maximum Gasteiger partial charge on any atom is 0.316 e. The van der Waals surface area contributed by atoms with Crippen LogP contribution in [0, 0.1) is 6.92 Å². The number of aromatic nitrogens is 4. The van der Waals surface area contributed by atoms with E-state index < -0.39 is 5.91 Å². The van der Waals surface area contributed by atoms with E-state index in [4.69, 9.17) is 4.52 Å². The predicted octanol–water partition coefficient (Wildman–Crippen LogP) is 3.92. The van der Waals surface area contributed by atoms with Crippen molar-refractivity contribution in [1.29, 1.82) is 0 Å². The number of benzene rings is 2. The number of aryl methyl sites for hydroxylation is 1. The number of nitrogens with zero attached hydrogens (tertiary/aromatic N) is 4. The Morgan fingerprint density at radius 1 is 1.14 bits per heavy atom. The third-order valence-electron chi connectivity index (χ3n) is 4.15. The normalized spacial score (nSPS) is 10.8. The zero-order valence-corrected chi connectivity index (χ0v) is 16.5. The molecule has 0 aliphatic carbocycles. The summed E-state index contributed by atoms with van der Waals surface area (Å²) >= 11 is 3.42. The Morgan fingerprint density at radius 3 is 2.64 bits per heavy atom. The number of carbonyl (C=O) groups excluding carboxylic acids is 1. The van der Waals surface area contributed by atoms with E-state index in [2.05, 4.69) is 36.5 Å². The molecule has 0 fully saturated rings. The Morgan fingerprint density at radius 2 is 1.89 bits per heavy atom. The van der Waals surface area contributed by atoms with Crippen LogP contribution in [0.5, 0.6) is 0 Å². The van der Waals surface area contributed by atoms with Crippen molar-refractivity contribution in [2.24, 2.45) is 0 Å². The van der Waals surface area contributed by atoms with Gasteiger partial charge in [0.05, 0.1) is 16.9 Å². The van der Waals surface area contributed by atoms with Crippen molar-refractivity contribution in [3.05, 3.63) is 82.4 Å². The van der Waals surface area contributed by atoms with E-state index in [1.165, 1.54) is 0 Å². The minimum Gasteiger partial charge on any atom is -0.344 e.